The van der Waals surface area contributed by atoms with Gasteiger partial charge in [0.15, 0.2) is 17.3 Å². The average molecular weight is 454 g/mol. The standard InChI is InChI=1S/C23H28FN7O2/c1-15-13-31-14-16(11-18(24)21(31)27-15)20(25)28-19-6-5-17(12-26-19)29-7-9-30(10-8-29)22(32)33-23(2,3)4/h5-6,11-14H,7-10H2,1-4H3,(H2,25,26,28). The normalized spacial score (nSPS) is 15.2. The average Bonchev–Trinajstić information content (AvgIpc) is 3.14. The molecule has 0 spiro atoms. The fourth-order valence-corrected chi connectivity index (χ4v) is 3.61. The van der Waals surface area contributed by atoms with Crippen LogP contribution in [0, 0.1) is 12.7 Å². The van der Waals surface area contributed by atoms with Gasteiger partial charge in [-0.25, -0.2) is 24.1 Å². The number of aliphatic imine (C=N–C) groups is 1. The molecule has 10 heteroatoms. The maximum absolute atomic E-state index is 14.3. The molecule has 0 atom stereocenters. The van der Waals surface area contributed by atoms with E-state index in [1.54, 1.807) is 40.9 Å². The van der Waals surface area contributed by atoms with E-state index in [-0.39, 0.29) is 17.6 Å². The zero-order valence-corrected chi connectivity index (χ0v) is 19.2. The van der Waals surface area contributed by atoms with Crippen molar-refractivity contribution >= 4 is 29.1 Å². The number of rotatable bonds is 3. The second-order valence-corrected chi connectivity index (χ2v) is 9.02. The molecule has 4 heterocycles. The molecule has 0 unspecified atom stereocenters. The number of amidine groups is 1. The van der Waals surface area contributed by atoms with Crippen LogP contribution in [0.3, 0.4) is 0 Å². The van der Waals surface area contributed by atoms with Crippen LogP contribution in [0.5, 0.6) is 0 Å². The minimum atomic E-state index is -0.508. The zero-order chi connectivity index (χ0) is 23.8. The van der Waals surface area contributed by atoms with Gasteiger partial charge >= 0.3 is 6.09 Å². The SMILES string of the molecule is Cc1cn2cc(C(N)=Nc3ccc(N4CCN(C(=O)OC(C)(C)C)CC4)cn3)cc(F)c2n1. The van der Waals surface area contributed by atoms with E-state index in [9.17, 15) is 9.18 Å². The van der Waals surface area contributed by atoms with Gasteiger partial charge in [-0.2, -0.15) is 0 Å². The summed E-state index contributed by atoms with van der Waals surface area (Å²) in [5.41, 5.74) is 7.94. The molecule has 9 nitrogen and oxygen atoms in total. The molecule has 1 saturated heterocycles. The highest BCUT2D eigenvalue weighted by molar-refractivity contribution is 5.98. The Morgan fingerprint density at radius 1 is 1.18 bits per heavy atom. The summed E-state index contributed by atoms with van der Waals surface area (Å²) in [7, 11) is 0. The van der Waals surface area contributed by atoms with E-state index in [1.165, 1.54) is 6.07 Å². The van der Waals surface area contributed by atoms with Crippen molar-refractivity contribution in [3.8, 4) is 0 Å². The van der Waals surface area contributed by atoms with Gasteiger partial charge in [0.25, 0.3) is 0 Å². The zero-order valence-electron chi connectivity index (χ0n) is 19.2. The van der Waals surface area contributed by atoms with Crippen LogP contribution < -0.4 is 10.6 Å². The summed E-state index contributed by atoms with van der Waals surface area (Å²) >= 11 is 0. The Labute approximate surface area is 191 Å². The second-order valence-electron chi connectivity index (χ2n) is 9.02. The van der Waals surface area contributed by atoms with Crippen LogP contribution in [-0.2, 0) is 4.74 Å². The molecule has 0 aromatic carbocycles. The lowest BCUT2D eigenvalue weighted by Crippen LogP contribution is -2.50. The second kappa shape index (κ2) is 8.68. The van der Waals surface area contributed by atoms with Crippen LogP contribution in [0.2, 0.25) is 0 Å². The number of imidazole rings is 1. The van der Waals surface area contributed by atoms with Crippen LogP contribution in [0.1, 0.15) is 32.0 Å². The third-order valence-corrected chi connectivity index (χ3v) is 5.19. The highest BCUT2D eigenvalue weighted by Gasteiger charge is 2.26. The van der Waals surface area contributed by atoms with Gasteiger partial charge in [-0.3, -0.25) is 0 Å². The quantitative estimate of drug-likeness (QED) is 0.483. The van der Waals surface area contributed by atoms with Crippen LogP contribution in [0.25, 0.3) is 5.65 Å². The molecule has 0 radical (unpaired) electrons. The van der Waals surface area contributed by atoms with Gasteiger partial charge in [-0.05, 0) is 45.9 Å². The molecule has 33 heavy (non-hydrogen) atoms. The maximum atomic E-state index is 14.3. The highest BCUT2D eigenvalue weighted by atomic mass is 19.1. The molecule has 4 rings (SSSR count). The van der Waals surface area contributed by atoms with E-state index >= 15 is 0 Å². The summed E-state index contributed by atoms with van der Waals surface area (Å²) in [6.07, 6.45) is 4.85. The molecule has 1 aliphatic rings. The lowest BCUT2D eigenvalue weighted by molar-refractivity contribution is 0.0240. The fourth-order valence-electron chi connectivity index (χ4n) is 3.61. The lowest BCUT2D eigenvalue weighted by Gasteiger charge is -2.36. The van der Waals surface area contributed by atoms with Crippen molar-refractivity contribution in [2.75, 3.05) is 31.1 Å². The number of amides is 1. The summed E-state index contributed by atoms with van der Waals surface area (Å²) in [5, 5.41) is 0. The largest absolute Gasteiger partial charge is 0.444 e. The van der Waals surface area contributed by atoms with Gasteiger partial charge < -0.3 is 24.7 Å². The first-order valence-corrected chi connectivity index (χ1v) is 10.8. The van der Waals surface area contributed by atoms with Gasteiger partial charge in [0, 0.05) is 44.1 Å². The van der Waals surface area contributed by atoms with E-state index in [0.717, 1.165) is 5.69 Å². The van der Waals surface area contributed by atoms with Gasteiger partial charge in [-0.15, -0.1) is 0 Å². The number of carbonyl (C=O) groups is 1. The number of piperazine rings is 1. The number of anilines is 1. The van der Waals surface area contributed by atoms with E-state index < -0.39 is 11.4 Å². The number of aryl methyl sites for hydroxylation is 1. The molecule has 174 valence electrons. The van der Waals surface area contributed by atoms with Crippen LogP contribution in [0.15, 0.2) is 41.8 Å². The molecule has 3 aromatic heterocycles. The van der Waals surface area contributed by atoms with Gasteiger partial charge in [0.05, 0.1) is 17.6 Å². The Hall–Kier alpha value is -3.69. The third-order valence-electron chi connectivity index (χ3n) is 5.19. The molecule has 3 aromatic rings. The van der Waals surface area contributed by atoms with Gasteiger partial charge in [0.1, 0.15) is 11.4 Å². The molecule has 1 amide bonds. The van der Waals surface area contributed by atoms with Crippen molar-refractivity contribution in [1.82, 2.24) is 19.3 Å². The Bertz CT molecular complexity index is 1190. The van der Waals surface area contributed by atoms with Crippen molar-refractivity contribution in [3.05, 3.63) is 53.9 Å². The Balaban J connectivity index is 1.41. The van der Waals surface area contributed by atoms with Crippen molar-refractivity contribution in [2.24, 2.45) is 10.7 Å². The first kappa shape index (κ1) is 22.5. The van der Waals surface area contributed by atoms with E-state index in [4.69, 9.17) is 10.5 Å². The molecule has 0 aliphatic carbocycles. The van der Waals surface area contributed by atoms with Gasteiger partial charge in [-0.1, -0.05) is 0 Å². The summed E-state index contributed by atoms with van der Waals surface area (Å²) < 4.78 is 21.4. The molecule has 1 aliphatic heterocycles. The van der Waals surface area contributed by atoms with Crippen LogP contribution in [-0.4, -0.2) is 63.0 Å². The number of pyridine rings is 2. The number of halogens is 1. The Morgan fingerprint density at radius 3 is 2.55 bits per heavy atom. The first-order chi connectivity index (χ1) is 15.6. The van der Waals surface area contributed by atoms with Crippen molar-refractivity contribution in [2.45, 2.75) is 33.3 Å². The topological polar surface area (TPSA) is 101 Å². The fraction of sp³-hybridized carbons (Fsp3) is 0.391. The molecule has 1 fully saturated rings. The van der Waals surface area contributed by atoms with E-state index in [1.807, 2.05) is 26.8 Å². The number of ether oxygens (including phenoxy) is 1. The maximum Gasteiger partial charge on any atom is 0.410 e. The number of aromatic nitrogens is 3. The molecular formula is C23H28FN7O2. The monoisotopic (exact) mass is 453 g/mol. The number of hydrogen-bond acceptors (Lipinski definition) is 6. The van der Waals surface area contributed by atoms with Crippen molar-refractivity contribution in [1.29, 1.82) is 0 Å². The molecular weight excluding hydrogens is 425 g/mol. The summed E-state index contributed by atoms with van der Waals surface area (Å²) in [5.74, 6) is 0.118. The van der Waals surface area contributed by atoms with Crippen molar-refractivity contribution in [3.63, 3.8) is 0 Å². The smallest absolute Gasteiger partial charge is 0.410 e. The number of nitrogens with zero attached hydrogens (tertiary/aromatic N) is 6. The minimum absolute atomic E-state index is 0.161. The molecule has 0 saturated carbocycles. The molecule has 0 bridgehead atoms. The summed E-state index contributed by atoms with van der Waals surface area (Å²) in [4.78, 5) is 29.0. The highest BCUT2D eigenvalue weighted by Crippen LogP contribution is 2.20. The number of fused-ring (bicyclic) bond motifs is 1. The van der Waals surface area contributed by atoms with Crippen LogP contribution >= 0.6 is 0 Å². The van der Waals surface area contributed by atoms with E-state index in [2.05, 4.69) is 19.9 Å². The molecule has 2 N–H and O–H groups in total. The number of nitrogens with two attached hydrogens (primary N) is 1. The van der Waals surface area contributed by atoms with Crippen LogP contribution in [0.4, 0.5) is 20.7 Å². The lowest BCUT2D eigenvalue weighted by atomic mass is 10.2. The predicted octanol–water partition coefficient (Wildman–Crippen LogP) is 3.27. The Kier molecular flexibility index (Phi) is 5.92. The number of carbonyl (C=O) groups excluding carboxylic acids is 1. The summed E-state index contributed by atoms with van der Waals surface area (Å²) in [6, 6.07) is 4.99. The predicted molar refractivity (Wildman–Crippen MR) is 125 cm³/mol. The summed E-state index contributed by atoms with van der Waals surface area (Å²) in [6.45, 7) is 9.87. The number of hydrogen-bond donors (Lipinski definition) is 1. The van der Waals surface area contributed by atoms with Gasteiger partial charge in [0.2, 0.25) is 0 Å². The van der Waals surface area contributed by atoms with Crippen molar-refractivity contribution < 1.29 is 13.9 Å². The first-order valence-electron chi connectivity index (χ1n) is 10.8. The minimum Gasteiger partial charge on any atom is -0.444 e. The Morgan fingerprint density at radius 2 is 1.91 bits per heavy atom. The third kappa shape index (κ3) is 5.21. The van der Waals surface area contributed by atoms with E-state index in [0.29, 0.717) is 43.3 Å².